The summed E-state index contributed by atoms with van der Waals surface area (Å²) in [6, 6.07) is 5.98. The Balaban J connectivity index is 2.52. The summed E-state index contributed by atoms with van der Waals surface area (Å²) in [5.41, 5.74) is 8.46. The van der Waals surface area contributed by atoms with Crippen LogP contribution in [-0.2, 0) is 6.54 Å². The molecule has 0 saturated heterocycles. The summed E-state index contributed by atoms with van der Waals surface area (Å²) in [4.78, 5) is 8.38. The molecule has 4 nitrogen and oxygen atoms in total. The average molecular weight is 188 g/mol. The normalized spacial score (nSPS) is 10.6. The van der Waals surface area contributed by atoms with Crippen molar-refractivity contribution >= 4 is 16.9 Å². The number of anilines is 1. The minimum atomic E-state index is 0.458. The summed E-state index contributed by atoms with van der Waals surface area (Å²) in [5, 5.41) is 3.08. The maximum Gasteiger partial charge on any atom is 0.142 e. The van der Waals surface area contributed by atoms with Crippen LogP contribution >= 0.6 is 0 Å². The lowest BCUT2D eigenvalue weighted by atomic mass is 10.2. The van der Waals surface area contributed by atoms with Gasteiger partial charge in [0, 0.05) is 6.54 Å². The topological polar surface area (TPSA) is 63.8 Å². The SMILES string of the molecule is CNCc1ccc2ncc(N)nc2c1. The first-order valence-electron chi connectivity index (χ1n) is 4.45. The number of nitrogens with zero attached hydrogens (tertiary/aromatic N) is 2. The van der Waals surface area contributed by atoms with Gasteiger partial charge in [-0.3, -0.25) is 4.98 Å². The molecule has 2 aromatic rings. The molecule has 4 heteroatoms. The summed E-state index contributed by atoms with van der Waals surface area (Å²) < 4.78 is 0. The number of hydrogen-bond acceptors (Lipinski definition) is 4. The van der Waals surface area contributed by atoms with E-state index in [0.717, 1.165) is 17.6 Å². The predicted octanol–water partition coefficient (Wildman–Crippen LogP) is 0.931. The van der Waals surface area contributed by atoms with E-state index in [0.29, 0.717) is 5.82 Å². The van der Waals surface area contributed by atoms with Crippen molar-refractivity contribution in [1.82, 2.24) is 15.3 Å². The highest BCUT2D eigenvalue weighted by Gasteiger charge is 1.98. The number of aromatic nitrogens is 2. The smallest absolute Gasteiger partial charge is 0.142 e. The van der Waals surface area contributed by atoms with Crippen LogP contribution in [0.25, 0.3) is 11.0 Å². The Bertz CT molecular complexity index is 453. The van der Waals surface area contributed by atoms with Gasteiger partial charge in [-0.15, -0.1) is 0 Å². The van der Waals surface area contributed by atoms with Crippen LogP contribution in [0, 0.1) is 0 Å². The van der Waals surface area contributed by atoms with Gasteiger partial charge in [0.15, 0.2) is 0 Å². The third kappa shape index (κ3) is 1.65. The summed E-state index contributed by atoms with van der Waals surface area (Å²) in [6.45, 7) is 0.826. The van der Waals surface area contributed by atoms with Crippen molar-refractivity contribution in [1.29, 1.82) is 0 Å². The van der Waals surface area contributed by atoms with E-state index in [2.05, 4.69) is 15.3 Å². The molecule has 0 amide bonds. The van der Waals surface area contributed by atoms with Gasteiger partial charge in [0.1, 0.15) is 5.82 Å². The Kier molecular flexibility index (Phi) is 2.28. The summed E-state index contributed by atoms with van der Waals surface area (Å²) >= 11 is 0. The number of rotatable bonds is 2. The summed E-state index contributed by atoms with van der Waals surface area (Å²) in [5.74, 6) is 0.458. The van der Waals surface area contributed by atoms with Gasteiger partial charge in [0.25, 0.3) is 0 Å². The molecule has 0 unspecified atom stereocenters. The highest BCUT2D eigenvalue weighted by molar-refractivity contribution is 5.75. The van der Waals surface area contributed by atoms with Gasteiger partial charge in [-0.25, -0.2) is 4.98 Å². The summed E-state index contributed by atoms with van der Waals surface area (Å²) in [6.07, 6.45) is 1.57. The van der Waals surface area contributed by atoms with E-state index in [1.54, 1.807) is 6.20 Å². The molecule has 0 atom stereocenters. The zero-order chi connectivity index (χ0) is 9.97. The van der Waals surface area contributed by atoms with Crippen LogP contribution in [-0.4, -0.2) is 17.0 Å². The standard InChI is InChI=1S/C10H12N4/c1-12-5-7-2-3-8-9(4-7)14-10(11)6-13-8/h2-4,6,12H,5H2,1H3,(H2,11,14). The molecule has 1 aromatic carbocycles. The third-order valence-corrected chi connectivity index (χ3v) is 2.01. The fraction of sp³-hybridized carbons (Fsp3) is 0.200. The van der Waals surface area contributed by atoms with E-state index < -0.39 is 0 Å². The van der Waals surface area contributed by atoms with Gasteiger partial charge in [-0.05, 0) is 24.7 Å². The number of nitrogen functional groups attached to an aromatic ring is 1. The van der Waals surface area contributed by atoms with Gasteiger partial charge in [-0.1, -0.05) is 6.07 Å². The second kappa shape index (κ2) is 3.59. The molecule has 0 bridgehead atoms. The molecule has 1 aromatic heterocycles. The van der Waals surface area contributed by atoms with E-state index in [-0.39, 0.29) is 0 Å². The molecule has 2 rings (SSSR count). The molecule has 0 radical (unpaired) electrons. The average Bonchev–Trinajstić information content (AvgIpc) is 2.17. The molecule has 0 aliphatic rings. The lowest BCUT2D eigenvalue weighted by Crippen LogP contribution is -2.05. The van der Waals surface area contributed by atoms with Gasteiger partial charge in [0.05, 0.1) is 17.2 Å². The van der Waals surface area contributed by atoms with Crippen LogP contribution in [0.15, 0.2) is 24.4 Å². The number of nitrogens with one attached hydrogen (secondary N) is 1. The fourth-order valence-corrected chi connectivity index (χ4v) is 1.39. The minimum Gasteiger partial charge on any atom is -0.382 e. The number of fused-ring (bicyclic) bond motifs is 1. The number of benzene rings is 1. The lowest BCUT2D eigenvalue weighted by Gasteiger charge is -2.02. The molecule has 72 valence electrons. The van der Waals surface area contributed by atoms with E-state index in [9.17, 15) is 0 Å². The minimum absolute atomic E-state index is 0.458. The van der Waals surface area contributed by atoms with Gasteiger partial charge in [0.2, 0.25) is 0 Å². The second-order valence-corrected chi connectivity index (χ2v) is 3.15. The van der Waals surface area contributed by atoms with Crippen molar-refractivity contribution < 1.29 is 0 Å². The maximum absolute atomic E-state index is 5.56. The molecule has 14 heavy (non-hydrogen) atoms. The Morgan fingerprint density at radius 1 is 1.36 bits per heavy atom. The highest BCUT2D eigenvalue weighted by atomic mass is 14.9. The van der Waals surface area contributed by atoms with Crippen molar-refractivity contribution in [2.45, 2.75) is 6.54 Å². The van der Waals surface area contributed by atoms with E-state index in [1.807, 2.05) is 25.2 Å². The van der Waals surface area contributed by atoms with Crippen molar-refractivity contribution in [3.8, 4) is 0 Å². The first-order valence-corrected chi connectivity index (χ1v) is 4.45. The van der Waals surface area contributed by atoms with Gasteiger partial charge in [-0.2, -0.15) is 0 Å². The highest BCUT2D eigenvalue weighted by Crippen LogP contribution is 2.12. The monoisotopic (exact) mass is 188 g/mol. The first kappa shape index (κ1) is 8.90. The molecule has 0 aliphatic heterocycles. The Labute approximate surface area is 82.2 Å². The molecular weight excluding hydrogens is 176 g/mol. The van der Waals surface area contributed by atoms with E-state index >= 15 is 0 Å². The van der Waals surface area contributed by atoms with Crippen LogP contribution in [0.5, 0.6) is 0 Å². The number of nitrogens with two attached hydrogens (primary N) is 1. The van der Waals surface area contributed by atoms with Gasteiger partial charge < -0.3 is 11.1 Å². The largest absolute Gasteiger partial charge is 0.382 e. The van der Waals surface area contributed by atoms with Crippen molar-refractivity contribution in [3.63, 3.8) is 0 Å². The molecule has 3 N–H and O–H groups in total. The molecule has 0 aliphatic carbocycles. The van der Waals surface area contributed by atoms with Crippen LogP contribution in [0.2, 0.25) is 0 Å². The summed E-state index contributed by atoms with van der Waals surface area (Å²) in [7, 11) is 1.91. The molecule has 0 saturated carbocycles. The molecule has 0 spiro atoms. The zero-order valence-corrected chi connectivity index (χ0v) is 7.99. The van der Waals surface area contributed by atoms with Crippen LogP contribution in [0.4, 0.5) is 5.82 Å². The van der Waals surface area contributed by atoms with Crippen LogP contribution in [0.3, 0.4) is 0 Å². The van der Waals surface area contributed by atoms with Gasteiger partial charge >= 0.3 is 0 Å². The molecular formula is C10H12N4. The third-order valence-electron chi connectivity index (χ3n) is 2.01. The van der Waals surface area contributed by atoms with Crippen LogP contribution in [0.1, 0.15) is 5.56 Å². The Morgan fingerprint density at radius 3 is 3.00 bits per heavy atom. The zero-order valence-electron chi connectivity index (χ0n) is 7.99. The quantitative estimate of drug-likeness (QED) is 0.736. The Hall–Kier alpha value is -1.68. The maximum atomic E-state index is 5.56. The Morgan fingerprint density at radius 2 is 2.21 bits per heavy atom. The lowest BCUT2D eigenvalue weighted by molar-refractivity contribution is 0.819. The van der Waals surface area contributed by atoms with Crippen LogP contribution < -0.4 is 11.1 Å². The van der Waals surface area contributed by atoms with Crippen molar-refractivity contribution in [2.75, 3.05) is 12.8 Å². The predicted molar refractivity (Wildman–Crippen MR) is 56.7 cm³/mol. The molecule has 0 fully saturated rings. The van der Waals surface area contributed by atoms with E-state index in [1.165, 1.54) is 5.56 Å². The van der Waals surface area contributed by atoms with Crippen molar-refractivity contribution in [2.24, 2.45) is 0 Å². The second-order valence-electron chi connectivity index (χ2n) is 3.15. The fourth-order valence-electron chi connectivity index (χ4n) is 1.39. The van der Waals surface area contributed by atoms with Crippen molar-refractivity contribution in [3.05, 3.63) is 30.0 Å². The first-order chi connectivity index (χ1) is 6.79. The number of hydrogen-bond donors (Lipinski definition) is 2. The van der Waals surface area contributed by atoms with E-state index in [4.69, 9.17) is 5.73 Å². The molecule has 1 heterocycles.